The highest BCUT2D eigenvalue weighted by atomic mass is 32.2. The summed E-state index contributed by atoms with van der Waals surface area (Å²) in [6.45, 7) is 0.318. The Labute approximate surface area is 142 Å². The quantitative estimate of drug-likeness (QED) is 0.674. The third kappa shape index (κ3) is 3.97. The SMILES string of the molecule is O=C1NC(=S)SC1=Cc1ccccc1OCc1ccc(F)cc1. The number of benzene rings is 2. The second kappa shape index (κ2) is 6.93. The molecule has 1 saturated heterocycles. The van der Waals surface area contributed by atoms with Gasteiger partial charge >= 0.3 is 0 Å². The maximum absolute atomic E-state index is 12.9. The minimum atomic E-state index is -0.279. The summed E-state index contributed by atoms with van der Waals surface area (Å²) in [5.74, 6) is 0.169. The average Bonchev–Trinajstić information content (AvgIpc) is 2.86. The van der Waals surface area contributed by atoms with Gasteiger partial charge in [-0.3, -0.25) is 4.79 Å². The van der Waals surface area contributed by atoms with Crippen molar-refractivity contribution in [3.05, 3.63) is 70.4 Å². The summed E-state index contributed by atoms with van der Waals surface area (Å²) in [7, 11) is 0. The molecule has 23 heavy (non-hydrogen) atoms. The number of carbonyl (C=O) groups is 1. The Morgan fingerprint density at radius 3 is 2.61 bits per heavy atom. The molecule has 1 amide bonds. The van der Waals surface area contributed by atoms with Gasteiger partial charge in [0.05, 0.1) is 4.91 Å². The van der Waals surface area contributed by atoms with E-state index in [4.69, 9.17) is 17.0 Å². The van der Waals surface area contributed by atoms with E-state index >= 15 is 0 Å². The van der Waals surface area contributed by atoms with Gasteiger partial charge in [0.1, 0.15) is 22.5 Å². The maximum atomic E-state index is 12.9. The molecule has 2 aromatic carbocycles. The third-order valence-corrected chi connectivity index (χ3v) is 4.32. The van der Waals surface area contributed by atoms with Gasteiger partial charge in [0, 0.05) is 5.56 Å². The molecule has 3 nitrogen and oxygen atoms in total. The van der Waals surface area contributed by atoms with Gasteiger partial charge in [-0.15, -0.1) is 0 Å². The van der Waals surface area contributed by atoms with E-state index in [1.54, 1.807) is 18.2 Å². The molecule has 0 saturated carbocycles. The molecule has 1 N–H and O–H groups in total. The van der Waals surface area contributed by atoms with Crippen molar-refractivity contribution in [1.82, 2.24) is 5.32 Å². The van der Waals surface area contributed by atoms with Gasteiger partial charge in [-0.2, -0.15) is 0 Å². The van der Waals surface area contributed by atoms with Crippen LogP contribution in [0.3, 0.4) is 0 Å². The lowest BCUT2D eigenvalue weighted by Gasteiger charge is -2.09. The molecule has 1 fully saturated rings. The summed E-state index contributed by atoms with van der Waals surface area (Å²) < 4.78 is 19.2. The number of ether oxygens (including phenoxy) is 1. The Bertz CT molecular complexity index is 787. The number of thioether (sulfide) groups is 1. The van der Waals surface area contributed by atoms with Gasteiger partial charge in [-0.1, -0.05) is 54.3 Å². The highest BCUT2D eigenvalue weighted by Gasteiger charge is 2.22. The van der Waals surface area contributed by atoms with E-state index in [0.717, 1.165) is 11.1 Å². The average molecular weight is 345 g/mol. The second-order valence-electron chi connectivity index (χ2n) is 4.81. The van der Waals surface area contributed by atoms with Gasteiger partial charge in [0.2, 0.25) is 0 Å². The first-order valence-electron chi connectivity index (χ1n) is 6.83. The Morgan fingerprint density at radius 2 is 1.91 bits per heavy atom. The number of halogens is 1. The van der Waals surface area contributed by atoms with Crippen LogP contribution in [-0.4, -0.2) is 10.2 Å². The molecule has 0 bridgehead atoms. The fourth-order valence-corrected chi connectivity index (χ4v) is 3.07. The topological polar surface area (TPSA) is 38.3 Å². The van der Waals surface area contributed by atoms with Gasteiger partial charge < -0.3 is 10.1 Å². The standard InChI is InChI=1S/C17H12FNO2S2/c18-13-7-5-11(6-8-13)10-21-14-4-2-1-3-12(14)9-15-16(20)19-17(22)23-15/h1-9H,10H2,(H,19,20,22). The molecule has 0 unspecified atom stereocenters. The molecule has 1 aliphatic heterocycles. The first-order valence-corrected chi connectivity index (χ1v) is 8.05. The van der Waals surface area contributed by atoms with E-state index in [1.807, 2.05) is 24.3 Å². The van der Waals surface area contributed by atoms with Crippen molar-refractivity contribution < 1.29 is 13.9 Å². The van der Waals surface area contributed by atoms with Crippen LogP contribution in [0.15, 0.2) is 53.4 Å². The molecule has 3 rings (SSSR count). The van der Waals surface area contributed by atoms with Crippen molar-refractivity contribution in [2.75, 3.05) is 0 Å². The number of hydrogen-bond acceptors (Lipinski definition) is 4. The Morgan fingerprint density at radius 1 is 1.17 bits per heavy atom. The van der Waals surface area contributed by atoms with Crippen LogP contribution < -0.4 is 10.1 Å². The minimum Gasteiger partial charge on any atom is -0.488 e. The van der Waals surface area contributed by atoms with Gasteiger partial charge in [-0.25, -0.2) is 4.39 Å². The first kappa shape index (κ1) is 15.7. The first-order chi connectivity index (χ1) is 11.1. The van der Waals surface area contributed by atoms with Crippen LogP contribution in [-0.2, 0) is 11.4 Å². The fourth-order valence-electron chi connectivity index (χ4n) is 2.04. The summed E-state index contributed by atoms with van der Waals surface area (Å²) in [6.07, 6.45) is 1.75. The molecule has 0 aliphatic carbocycles. The van der Waals surface area contributed by atoms with Crippen molar-refractivity contribution in [1.29, 1.82) is 0 Å². The van der Waals surface area contributed by atoms with E-state index < -0.39 is 0 Å². The molecule has 0 atom stereocenters. The number of para-hydroxylation sites is 1. The van der Waals surface area contributed by atoms with E-state index in [2.05, 4.69) is 5.32 Å². The number of nitrogens with one attached hydrogen (secondary N) is 1. The predicted octanol–water partition coefficient (Wildman–Crippen LogP) is 3.89. The molecule has 0 radical (unpaired) electrons. The number of amides is 1. The molecular formula is C17H12FNO2S2. The smallest absolute Gasteiger partial charge is 0.263 e. The summed E-state index contributed by atoms with van der Waals surface area (Å²) >= 11 is 6.20. The second-order valence-corrected chi connectivity index (χ2v) is 6.52. The third-order valence-electron chi connectivity index (χ3n) is 3.16. The van der Waals surface area contributed by atoms with Crippen molar-refractivity contribution in [2.24, 2.45) is 0 Å². The van der Waals surface area contributed by atoms with E-state index in [1.165, 1.54) is 23.9 Å². The number of rotatable bonds is 4. The Kier molecular flexibility index (Phi) is 4.73. The van der Waals surface area contributed by atoms with Crippen LogP contribution in [0.4, 0.5) is 4.39 Å². The zero-order chi connectivity index (χ0) is 16.2. The number of carbonyl (C=O) groups excluding carboxylic acids is 1. The maximum Gasteiger partial charge on any atom is 0.263 e. The summed E-state index contributed by atoms with van der Waals surface area (Å²) in [5.41, 5.74) is 1.65. The van der Waals surface area contributed by atoms with Crippen molar-refractivity contribution in [3.63, 3.8) is 0 Å². The zero-order valence-electron chi connectivity index (χ0n) is 11.9. The Balaban J connectivity index is 1.78. The summed E-state index contributed by atoms with van der Waals surface area (Å²) in [6, 6.07) is 13.6. The highest BCUT2D eigenvalue weighted by Crippen LogP contribution is 2.29. The Hall–Kier alpha value is -2.18. The van der Waals surface area contributed by atoms with E-state index in [0.29, 0.717) is 21.6 Å². The van der Waals surface area contributed by atoms with E-state index in [9.17, 15) is 9.18 Å². The molecule has 116 valence electrons. The molecule has 0 spiro atoms. The molecule has 6 heteroatoms. The summed E-state index contributed by atoms with van der Waals surface area (Å²) in [4.78, 5) is 12.3. The largest absolute Gasteiger partial charge is 0.488 e. The minimum absolute atomic E-state index is 0.201. The normalized spacial score (nSPS) is 15.8. The molecular weight excluding hydrogens is 333 g/mol. The van der Waals surface area contributed by atoms with Crippen LogP contribution in [0, 0.1) is 5.82 Å². The summed E-state index contributed by atoms with van der Waals surface area (Å²) in [5, 5.41) is 2.58. The van der Waals surface area contributed by atoms with Crippen molar-refractivity contribution >= 4 is 40.3 Å². The van der Waals surface area contributed by atoms with Crippen LogP contribution in [0.5, 0.6) is 5.75 Å². The lowest BCUT2D eigenvalue weighted by Crippen LogP contribution is -2.17. The van der Waals surface area contributed by atoms with Crippen molar-refractivity contribution in [3.8, 4) is 5.75 Å². The highest BCUT2D eigenvalue weighted by molar-refractivity contribution is 8.26. The van der Waals surface area contributed by atoms with Crippen molar-refractivity contribution in [2.45, 2.75) is 6.61 Å². The van der Waals surface area contributed by atoms with Crippen LogP contribution >= 0.6 is 24.0 Å². The zero-order valence-corrected chi connectivity index (χ0v) is 13.5. The lowest BCUT2D eigenvalue weighted by molar-refractivity contribution is -0.115. The number of thiocarbonyl (C=S) groups is 1. The van der Waals surface area contributed by atoms with Crippen LogP contribution in [0.25, 0.3) is 6.08 Å². The van der Waals surface area contributed by atoms with Crippen LogP contribution in [0.1, 0.15) is 11.1 Å². The van der Waals surface area contributed by atoms with Gasteiger partial charge in [0.25, 0.3) is 5.91 Å². The van der Waals surface area contributed by atoms with Gasteiger partial charge in [-0.05, 0) is 29.8 Å². The van der Waals surface area contributed by atoms with E-state index in [-0.39, 0.29) is 11.7 Å². The molecule has 0 aromatic heterocycles. The fraction of sp³-hybridized carbons (Fsp3) is 0.0588. The predicted molar refractivity (Wildman–Crippen MR) is 93.5 cm³/mol. The molecule has 2 aromatic rings. The molecule has 1 aliphatic rings. The monoisotopic (exact) mass is 345 g/mol. The van der Waals surface area contributed by atoms with Crippen LogP contribution in [0.2, 0.25) is 0 Å². The lowest BCUT2D eigenvalue weighted by atomic mass is 10.2. The number of hydrogen-bond donors (Lipinski definition) is 1. The molecule has 1 heterocycles. The van der Waals surface area contributed by atoms with Gasteiger partial charge in [0.15, 0.2) is 0 Å².